The number of anilines is 1. The molecule has 7 heteroatoms. The van der Waals surface area contributed by atoms with Gasteiger partial charge in [-0.1, -0.05) is 6.92 Å². The lowest BCUT2D eigenvalue weighted by Gasteiger charge is -2.30. The monoisotopic (exact) mass is 267 g/mol. The standard InChI is InChI=1S/C12H15F2N5/c1-8-4-6-18(7-5-8)10-3-2-9-15-16-12(11(13)14)19(9)17-10/h2-3,8,11H,4-7H2,1H3. The van der Waals surface area contributed by atoms with Crippen LogP contribution in [0.4, 0.5) is 14.6 Å². The van der Waals surface area contributed by atoms with Gasteiger partial charge in [-0.25, -0.2) is 8.78 Å². The predicted octanol–water partition coefficient (Wildman–Crippen LogP) is 2.30. The van der Waals surface area contributed by atoms with Gasteiger partial charge < -0.3 is 4.90 Å². The van der Waals surface area contributed by atoms with Crippen molar-refractivity contribution in [3.8, 4) is 0 Å². The van der Waals surface area contributed by atoms with Gasteiger partial charge in [0.15, 0.2) is 5.65 Å². The van der Waals surface area contributed by atoms with Crippen molar-refractivity contribution in [2.45, 2.75) is 26.2 Å². The van der Waals surface area contributed by atoms with E-state index in [9.17, 15) is 8.78 Å². The van der Waals surface area contributed by atoms with Gasteiger partial charge in [-0.3, -0.25) is 0 Å². The molecule has 0 radical (unpaired) electrons. The van der Waals surface area contributed by atoms with Crippen LogP contribution in [0.1, 0.15) is 32.0 Å². The van der Waals surface area contributed by atoms with Crippen LogP contribution in [0.25, 0.3) is 5.65 Å². The lowest BCUT2D eigenvalue weighted by molar-refractivity contribution is 0.137. The van der Waals surface area contributed by atoms with Crippen LogP contribution in [-0.2, 0) is 0 Å². The summed E-state index contributed by atoms with van der Waals surface area (Å²) >= 11 is 0. The minimum absolute atomic E-state index is 0.351. The van der Waals surface area contributed by atoms with Crippen molar-refractivity contribution >= 4 is 11.5 Å². The zero-order chi connectivity index (χ0) is 13.4. The average Bonchev–Trinajstić information content (AvgIpc) is 2.82. The van der Waals surface area contributed by atoms with Crippen LogP contribution in [0.2, 0.25) is 0 Å². The molecule has 1 aliphatic rings. The van der Waals surface area contributed by atoms with E-state index in [2.05, 4.69) is 27.1 Å². The van der Waals surface area contributed by atoms with Crippen LogP contribution < -0.4 is 4.90 Å². The van der Waals surface area contributed by atoms with Gasteiger partial charge in [0, 0.05) is 13.1 Å². The molecule has 0 saturated carbocycles. The predicted molar refractivity (Wildman–Crippen MR) is 66.4 cm³/mol. The Morgan fingerprint density at radius 3 is 2.63 bits per heavy atom. The Balaban J connectivity index is 1.94. The van der Waals surface area contributed by atoms with Crippen LogP contribution in [0, 0.1) is 5.92 Å². The van der Waals surface area contributed by atoms with Crippen LogP contribution in [0.3, 0.4) is 0 Å². The molecule has 1 saturated heterocycles. The van der Waals surface area contributed by atoms with E-state index in [1.807, 2.05) is 6.07 Å². The van der Waals surface area contributed by atoms with E-state index in [0.29, 0.717) is 17.4 Å². The smallest absolute Gasteiger partial charge is 0.299 e. The molecule has 5 nitrogen and oxygen atoms in total. The summed E-state index contributed by atoms with van der Waals surface area (Å²) in [4.78, 5) is 2.12. The van der Waals surface area contributed by atoms with E-state index in [4.69, 9.17) is 0 Å². The topological polar surface area (TPSA) is 46.3 Å². The number of hydrogen-bond donors (Lipinski definition) is 0. The summed E-state index contributed by atoms with van der Waals surface area (Å²) in [6.45, 7) is 4.04. The minimum atomic E-state index is -2.67. The van der Waals surface area contributed by atoms with Crippen LogP contribution >= 0.6 is 0 Å². The molecular weight excluding hydrogens is 252 g/mol. The number of halogens is 2. The average molecular weight is 267 g/mol. The second kappa shape index (κ2) is 4.71. The molecule has 19 heavy (non-hydrogen) atoms. The van der Waals surface area contributed by atoms with E-state index < -0.39 is 12.2 Å². The van der Waals surface area contributed by atoms with Crippen molar-refractivity contribution in [3.63, 3.8) is 0 Å². The summed E-state index contributed by atoms with van der Waals surface area (Å²) in [7, 11) is 0. The first-order valence-electron chi connectivity index (χ1n) is 6.40. The third-order valence-electron chi connectivity index (χ3n) is 3.58. The third-order valence-corrected chi connectivity index (χ3v) is 3.58. The van der Waals surface area contributed by atoms with E-state index in [0.717, 1.165) is 30.4 Å². The number of nitrogens with zero attached hydrogens (tertiary/aromatic N) is 5. The van der Waals surface area contributed by atoms with Crippen molar-refractivity contribution in [2.75, 3.05) is 18.0 Å². The maximum atomic E-state index is 12.8. The normalized spacial score (nSPS) is 17.6. The highest BCUT2D eigenvalue weighted by Gasteiger charge is 2.20. The minimum Gasteiger partial charge on any atom is -0.355 e. The van der Waals surface area contributed by atoms with E-state index in [-0.39, 0.29) is 0 Å². The van der Waals surface area contributed by atoms with E-state index in [1.165, 1.54) is 0 Å². The van der Waals surface area contributed by atoms with E-state index >= 15 is 0 Å². The Bertz CT molecular complexity index is 575. The van der Waals surface area contributed by atoms with Gasteiger partial charge in [0.2, 0.25) is 5.82 Å². The Morgan fingerprint density at radius 1 is 1.21 bits per heavy atom. The molecule has 0 spiro atoms. The second-order valence-corrected chi connectivity index (χ2v) is 4.99. The fourth-order valence-electron chi connectivity index (χ4n) is 2.34. The molecule has 2 aromatic rings. The summed E-state index contributed by atoms with van der Waals surface area (Å²) in [5.74, 6) is 1.02. The summed E-state index contributed by atoms with van der Waals surface area (Å²) in [5, 5.41) is 11.4. The van der Waals surface area contributed by atoms with Crippen LogP contribution in [0.5, 0.6) is 0 Å². The van der Waals surface area contributed by atoms with Crippen molar-refractivity contribution < 1.29 is 8.78 Å². The van der Waals surface area contributed by atoms with Gasteiger partial charge in [0.05, 0.1) is 0 Å². The van der Waals surface area contributed by atoms with Gasteiger partial charge in [-0.15, -0.1) is 15.3 Å². The quantitative estimate of drug-likeness (QED) is 0.837. The zero-order valence-electron chi connectivity index (χ0n) is 10.6. The molecule has 0 amide bonds. The van der Waals surface area contributed by atoms with Crippen LogP contribution in [-0.4, -0.2) is 32.9 Å². The highest BCUT2D eigenvalue weighted by Crippen LogP contribution is 2.23. The number of piperidine rings is 1. The van der Waals surface area contributed by atoms with Gasteiger partial charge in [-0.2, -0.15) is 4.52 Å². The lowest BCUT2D eigenvalue weighted by atomic mass is 9.99. The first kappa shape index (κ1) is 12.3. The molecule has 0 bridgehead atoms. The summed E-state index contributed by atoms with van der Waals surface area (Å²) in [6, 6.07) is 3.49. The molecule has 102 valence electrons. The largest absolute Gasteiger partial charge is 0.355 e. The number of alkyl halides is 2. The highest BCUT2D eigenvalue weighted by atomic mass is 19.3. The van der Waals surface area contributed by atoms with Gasteiger partial charge >= 0.3 is 0 Å². The molecule has 0 aliphatic carbocycles. The number of aromatic nitrogens is 4. The molecule has 0 unspecified atom stereocenters. The molecule has 0 N–H and O–H groups in total. The molecule has 0 aromatic carbocycles. The SMILES string of the molecule is CC1CCN(c2ccc3nnc(C(F)F)n3n2)CC1. The summed E-state index contributed by atoms with van der Waals surface area (Å²) in [5.41, 5.74) is 0.351. The number of fused-ring (bicyclic) bond motifs is 1. The Hall–Kier alpha value is -1.79. The molecule has 0 atom stereocenters. The highest BCUT2D eigenvalue weighted by molar-refractivity contribution is 5.46. The van der Waals surface area contributed by atoms with Crippen molar-refractivity contribution in [1.29, 1.82) is 0 Å². The molecular formula is C12H15F2N5. The fraction of sp³-hybridized carbons (Fsp3) is 0.583. The van der Waals surface area contributed by atoms with Gasteiger partial charge in [0.1, 0.15) is 5.82 Å². The lowest BCUT2D eigenvalue weighted by Crippen LogP contribution is -2.33. The number of rotatable bonds is 2. The van der Waals surface area contributed by atoms with Crippen LogP contribution in [0.15, 0.2) is 12.1 Å². The van der Waals surface area contributed by atoms with Crippen molar-refractivity contribution in [3.05, 3.63) is 18.0 Å². The van der Waals surface area contributed by atoms with Gasteiger partial charge in [0.25, 0.3) is 6.43 Å². The molecule has 1 aliphatic heterocycles. The van der Waals surface area contributed by atoms with Crippen molar-refractivity contribution in [2.24, 2.45) is 5.92 Å². The Kier molecular flexibility index (Phi) is 3.04. The fourth-order valence-corrected chi connectivity index (χ4v) is 2.34. The maximum Gasteiger partial charge on any atom is 0.299 e. The number of hydrogen-bond acceptors (Lipinski definition) is 4. The molecule has 3 heterocycles. The van der Waals surface area contributed by atoms with E-state index in [1.54, 1.807) is 6.07 Å². The third kappa shape index (κ3) is 2.24. The molecule has 1 fully saturated rings. The summed E-state index contributed by atoms with van der Waals surface area (Å²) in [6.07, 6.45) is -0.466. The first-order valence-corrected chi connectivity index (χ1v) is 6.40. The second-order valence-electron chi connectivity index (χ2n) is 4.99. The maximum absolute atomic E-state index is 12.8. The van der Waals surface area contributed by atoms with Crippen molar-refractivity contribution in [1.82, 2.24) is 19.8 Å². The Morgan fingerprint density at radius 2 is 1.95 bits per heavy atom. The zero-order valence-corrected chi connectivity index (χ0v) is 10.6. The van der Waals surface area contributed by atoms with Gasteiger partial charge in [-0.05, 0) is 30.9 Å². The summed E-state index contributed by atoms with van der Waals surface area (Å²) < 4.78 is 26.7. The molecule has 2 aromatic heterocycles. The molecule has 3 rings (SSSR count). The first-order chi connectivity index (χ1) is 9.15. The Labute approximate surface area is 109 Å².